The summed E-state index contributed by atoms with van der Waals surface area (Å²) in [4.78, 5) is 14.0. The van der Waals surface area contributed by atoms with Crippen molar-refractivity contribution >= 4 is 11.7 Å². The van der Waals surface area contributed by atoms with Gasteiger partial charge in [-0.05, 0) is 45.0 Å². The maximum atomic E-state index is 11.5. The van der Waals surface area contributed by atoms with Gasteiger partial charge in [-0.3, -0.25) is 4.79 Å². The Bertz CT molecular complexity index is 414. The third-order valence-corrected chi connectivity index (χ3v) is 3.42. The molecule has 2 rings (SSSR count). The zero-order valence-electron chi connectivity index (χ0n) is 12.1. The van der Waals surface area contributed by atoms with E-state index in [2.05, 4.69) is 25.7 Å². The van der Waals surface area contributed by atoms with E-state index in [1.54, 1.807) is 12.1 Å². The maximum absolute atomic E-state index is 11.5. The van der Waals surface area contributed by atoms with Gasteiger partial charge in [0, 0.05) is 19.6 Å². The van der Waals surface area contributed by atoms with Gasteiger partial charge in [0.15, 0.2) is 5.69 Å². The number of anilines is 1. The number of carbonyl (C=O) groups is 1. The van der Waals surface area contributed by atoms with Crippen molar-refractivity contribution in [3.63, 3.8) is 0 Å². The zero-order chi connectivity index (χ0) is 14.2. The molecule has 20 heavy (non-hydrogen) atoms. The monoisotopic (exact) mass is 277 g/mol. The molecule has 1 amide bonds. The quantitative estimate of drug-likeness (QED) is 0.815. The SMILES string of the molecule is CCNC(=O)c1ccc(NCCN2CCCCC2)nn1. The number of aromatic nitrogens is 2. The maximum Gasteiger partial charge on any atom is 0.271 e. The number of likely N-dealkylation sites (tertiary alicyclic amines) is 1. The van der Waals surface area contributed by atoms with Crippen LogP contribution in [0.2, 0.25) is 0 Å². The minimum Gasteiger partial charge on any atom is -0.367 e. The molecular weight excluding hydrogens is 254 g/mol. The molecule has 1 aliphatic rings. The number of hydrogen-bond donors (Lipinski definition) is 2. The molecule has 110 valence electrons. The molecule has 0 saturated carbocycles. The first-order chi connectivity index (χ1) is 9.79. The lowest BCUT2D eigenvalue weighted by molar-refractivity contribution is 0.0950. The fourth-order valence-electron chi connectivity index (χ4n) is 2.32. The van der Waals surface area contributed by atoms with Gasteiger partial charge in [0.25, 0.3) is 5.91 Å². The van der Waals surface area contributed by atoms with Crippen LogP contribution in [-0.4, -0.2) is 53.7 Å². The van der Waals surface area contributed by atoms with Gasteiger partial charge < -0.3 is 15.5 Å². The van der Waals surface area contributed by atoms with Crippen LogP contribution in [0.15, 0.2) is 12.1 Å². The second-order valence-electron chi connectivity index (χ2n) is 4.99. The molecule has 2 N–H and O–H groups in total. The van der Waals surface area contributed by atoms with Crippen molar-refractivity contribution in [3.05, 3.63) is 17.8 Å². The van der Waals surface area contributed by atoms with Crippen molar-refractivity contribution < 1.29 is 4.79 Å². The fraction of sp³-hybridized carbons (Fsp3) is 0.643. The molecule has 0 aliphatic carbocycles. The van der Waals surface area contributed by atoms with Crippen molar-refractivity contribution in [2.45, 2.75) is 26.2 Å². The highest BCUT2D eigenvalue weighted by atomic mass is 16.1. The summed E-state index contributed by atoms with van der Waals surface area (Å²) in [5, 5.41) is 13.9. The second-order valence-corrected chi connectivity index (χ2v) is 4.99. The van der Waals surface area contributed by atoms with Crippen molar-refractivity contribution in [1.29, 1.82) is 0 Å². The number of carbonyl (C=O) groups excluding carboxylic acids is 1. The van der Waals surface area contributed by atoms with Crippen LogP contribution >= 0.6 is 0 Å². The predicted octanol–water partition coefficient (Wildman–Crippen LogP) is 1.12. The second kappa shape index (κ2) is 7.79. The van der Waals surface area contributed by atoms with Crippen LogP contribution in [0.1, 0.15) is 36.7 Å². The Labute approximate surface area is 120 Å². The first-order valence-electron chi connectivity index (χ1n) is 7.37. The molecule has 1 aromatic heterocycles. The van der Waals surface area contributed by atoms with Gasteiger partial charge in [-0.25, -0.2) is 0 Å². The highest BCUT2D eigenvalue weighted by molar-refractivity contribution is 5.92. The molecular formula is C14H23N5O. The topological polar surface area (TPSA) is 70.2 Å². The molecule has 0 unspecified atom stereocenters. The van der Waals surface area contributed by atoms with E-state index in [-0.39, 0.29) is 5.91 Å². The Morgan fingerprint density at radius 2 is 2.05 bits per heavy atom. The average molecular weight is 277 g/mol. The highest BCUT2D eigenvalue weighted by Gasteiger charge is 2.09. The normalized spacial score (nSPS) is 15.8. The van der Waals surface area contributed by atoms with Crippen LogP contribution in [0.25, 0.3) is 0 Å². The van der Waals surface area contributed by atoms with E-state index in [1.165, 1.54) is 32.4 Å². The zero-order valence-corrected chi connectivity index (χ0v) is 12.1. The molecule has 1 fully saturated rings. The number of nitrogens with zero attached hydrogens (tertiary/aromatic N) is 3. The van der Waals surface area contributed by atoms with Crippen molar-refractivity contribution in [3.8, 4) is 0 Å². The number of piperidine rings is 1. The molecule has 6 heteroatoms. The smallest absolute Gasteiger partial charge is 0.271 e. The molecule has 6 nitrogen and oxygen atoms in total. The van der Waals surface area contributed by atoms with Gasteiger partial charge in [0.1, 0.15) is 5.82 Å². The van der Waals surface area contributed by atoms with E-state index in [9.17, 15) is 4.79 Å². The summed E-state index contributed by atoms with van der Waals surface area (Å²) in [7, 11) is 0. The summed E-state index contributed by atoms with van der Waals surface area (Å²) in [5.41, 5.74) is 0.355. The standard InChI is InChI=1S/C14H23N5O/c1-2-15-14(20)12-6-7-13(18-17-12)16-8-11-19-9-4-3-5-10-19/h6-7H,2-5,8-11H2,1H3,(H,15,20)(H,16,18). The Balaban J connectivity index is 1.74. The van der Waals surface area contributed by atoms with E-state index < -0.39 is 0 Å². The Hall–Kier alpha value is -1.69. The fourth-order valence-corrected chi connectivity index (χ4v) is 2.32. The van der Waals surface area contributed by atoms with E-state index in [0.717, 1.165) is 18.9 Å². The number of hydrogen-bond acceptors (Lipinski definition) is 5. The van der Waals surface area contributed by atoms with Crippen molar-refractivity contribution in [1.82, 2.24) is 20.4 Å². The summed E-state index contributed by atoms with van der Waals surface area (Å²) in [6.45, 7) is 6.75. The summed E-state index contributed by atoms with van der Waals surface area (Å²) in [6, 6.07) is 3.50. The van der Waals surface area contributed by atoms with Gasteiger partial charge in [-0.15, -0.1) is 10.2 Å². The lowest BCUT2D eigenvalue weighted by atomic mass is 10.1. The first-order valence-corrected chi connectivity index (χ1v) is 7.37. The van der Waals surface area contributed by atoms with Crippen molar-refractivity contribution in [2.75, 3.05) is 38.0 Å². The largest absolute Gasteiger partial charge is 0.367 e. The molecule has 0 spiro atoms. The molecule has 0 aromatic carbocycles. The molecule has 0 atom stereocenters. The minimum atomic E-state index is -0.181. The molecule has 2 heterocycles. The van der Waals surface area contributed by atoms with Crippen LogP contribution in [0, 0.1) is 0 Å². The average Bonchev–Trinajstić information content (AvgIpc) is 2.49. The van der Waals surface area contributed by atoms with Gasteiger partial charge in [-0.2, -0.15) is 0 Å². The van der Waals surface area contributed by atoms with E-state index in [1.807, 2.05) is 6.92 Å². The molecule has 1 aromatic rings. The Kier molecular flexibility index (Phi) is 5.73. The van der Waals surface area contributed by atoms with Gasteiger partial charge in [-0.1, -0.05) is 6.42 Å². The van der Waals surface area contributed by atoms with Crippen LogP contribution < -0.4 is 10.6 Å². The summed E-state index contributed by atoms with van der Waals surface area (Å²) in [5.74, 6) is 0.537. The predicted molar refractivity (Wildman–Crippen MR) is 78.8 cm³/mol. The number of amides is 1. The van der Waals surface area contributed by atoms with Crippen LogP contribution in [-0.2, 0) is 0 Å². The molecule has 1 saturated heterocycles. The highest BCUT2D eigenvalue weighted by Crippen LogP contribution is 2.08. The Morgan fingerprint density at radius 1 is 1.25 bits per heavy atom. The summed E-state index contributed by atoms with van der Waals surface area (Å²) < 4.78 is 0. The van der Waals surface area contributed by atoms with Crippen LogP contribution in [0.5, 0.6) is 0 Å². The lowest BCUT2D eigenvalue weighted by Gasteiger charge is -2.26. The van der Waals surface area contributed by atoms with E-state index in [4.69, 9.17) is 0 Å². The lowest BCUT2D eigenvalue weighted by Crippen LogP contribution is -2.33. The van der Waals surface area contributed by atoms with Gasteiger partial charge >= 0.3 is 0 Å². The van der Waals surface area contributed by atoms with E-state index in [0.29, 0.717) is 12.2 Å². The van der Waals surface area contributed by atoms with Crippen molar-refractivity contribution in [2.24, 2.45) is 0 Å². The van der Waals surface area contributed by atoms with Crippen LogP contribution in [0.4, 0.5) is 5.82 Å². The number of nitrogens with one attached hydrogen (secondary N) is 2. The van der Waals surface area contributed by atoms with E-state index >= 15 is 0 Å². The molecule has 1 aliphatic heterocycles. The first kappa shape index (κ1) is 14.7. The van der Waals surface area contributed by atoms with Gasteiger partial charge in [0.05, 0.1) is 0 Å². The third-order valence-electron chi connectivity index (χ3n) is 3.42. The minimum absolute atomic E-state index is 0.181. The number of rotatable bonds is 6. The molecule has 0 radical (unpaired) electrons. The summed E-state index contributed by atoms with van der Waals surface area (Å²) >= 11 is 0. The van der Waals surface area contributed by atoms with Gasteiger partial charge in [0.2, 0.25) is 0 Å². The summed E-state index contributed by atoms with van der Waals surface area (Å²) in [6.07, 6.45) is 3.97. The molecule has 0 bridgehead atoms. The third kappa shape index (κ3) is 4.45. The Morgan fingerprint density at radius 3 is 2.70 bits per heavy atom. The van der Waals surface area contributed by atoms with Crippen LogP contribution in [0.3, 0.4) is 0 Å².